The molecule has 3 nitrogen and oxygen atoms in total. The topological polar surface area (TPSA) is 60.7 Å². The summed E-state index contributed by atoms with van der Waals surface area (Å²) in [7, 11) is 15.6. The largest absolute Gasteiger partial charge is 0.509 e. The van der Waals surface area contributed by atoms with Crippen LogP contribution in [0.25, 0.3) is 0 Å². The highest BCUT2D eigenvalue weighted by atomic mass is 16.3. The van der Waals surface area contributed by atoms with Crippen molar-refractivity contribution >= 4 is 39.9 Å². The van der Waals surface area contributed by atoms with Crippen molar-refractivity contribution < 1.29 is 15.3 Å². The van der Waals surface area contributed by atoms with Gasteiger partial charge in [-0.25, -0.2) is 0 Å². The van der Waals surface area contributed by atoms with Crippen molar-refractivity contribution in [1.29, 1.82) is 0 Å². The number of rotatable bonds is 0. The van der Waals surface area contributed by atoms with Crippen LogP contribution in [0, 0.1) is 0 Å². The lowest BCUT2D eigenvalue weighted by Gasteiger charge is -2.12. The van der Waals surface area contributed by atoms with Crippen LogP contribution in [-0.4, -0.2) is 38.9 Å². The minimum atomic E-state index is -0.667. The maximum absolute atomic E-state index is 9.09. The van der Waals surface area contributed by atoms with Crippen LogP contribution >= 0.6 is 0 Å². The van der Waals surface area contributed by atoms with Gasteiger partial charge < -0.3 is 15.3 Å². The fraction of sp³-hybridized carbons (Fsp3) is 0. The predicted octanol–water partition coefficient (Wildman–Crippen LogP) is -2.82. The summed E-state index contributed by atoms with van der Waals surface area (Å²) in [5.74, 6) is -1.81. The first kappa shape index (κ1) is 8.91. The Hall–Kier alpha value is -1.19. The molecule has 0 bridgehead atoms. The molecule has 0 aliphatic rings. The number of aromatic hydroxyl groups is 3. The summed E-state index contributed by atoms with van der Waals surface area (Å²) in [4.78, 5) is 0. The third-order valence-corrected chi connectivity index (χ3v) is 1.53. The Morgan fingerprint density at radius 2 is 0.917 bits per heavy atom. The second-order valence-corrected chi connectivity index (χ2v) is 2.29. The van der Waals surface area contributed by atoms with Crippen molar-refractivity contribution in [1.82, 2.24) is 0 Å². The van der Waals surface area contributed by atoms with Gasteiger partial charge >= 0.3 is 0 Å². The van der Waals surface area contributed by atoms with Gasteiger partial charge in [-0.15, -0.1) is 0 Å². The first-order valence-corrected chi connectivity index (χ1v) is 3.04. The van der Waals surface area contributed by atoms with Crippen LogP contribution in [0.4, 0.5) is 0 Å². The van der Waals surface area contributed by atoms with Crippen molar-refractivity contribution in [2.75, 3.05) is 0 Å². The Labute approximate surface area is 73.3 Å². The van der Waals surface area contributed by atoms with Crippen LogP contribution in [0.3, 0.4) is 0 Å². The number of benzene rings is 1. The average Bonchev–Trinajstić information content (AvgIpc) is 2.08. The van der Waals surface area contributed by atoms with Gasteiger partial charge in [-0.2, -0.15) is 0 Å². The normalized spacial score (nSPS) is 10.0. The van der Waals surface area contributed by atoms with Gasteiger partial charge in [0, 0.05) is 0 Å². The van der Waals surface area contributed by atoms with Gasteiger partial charge in [-0.3, -0.25) is 0 Å². The summed E-state index contributed by atoms with van der Waals surface area (Å²) in [5.41, 5.74) is -0.929. The Morgan fingerprint density at radius 3 is 1.42 bits per heavy atom. The van der Waals surface area contributed by atoms with Gasteiger partial charge in [-0.05, 0) is 5.46 Å². The number of hydrogen-bond acceptors (Lipinski definition) is 3. The van der Waals surface area contributed by atoms with Crippen molar-refractivity contribution in [2.45, 2.75) is 0 Å². The summed E-state index contributed by atoms with van der Waals surface area (Å²) in [6, 6.07) is 0. The molecule has 0 fully saturated rings. The molecule has 0 unspecified atom stereocenters. The summed E-state index contributed by atoms with van der Waals surface area (Å²) in [6.07, 6.45) is 0. The van der Waals surface area contributed by atoms with E-state index in [0.29, 0.717) is 0 Å². The zero-order valence-electron chi connectivity index (χ0n) is 6.07. The molecule has 12 heavy (non-hydrogen) atoms. The highest BCUT2D eigenvalue weighted by Crippen LogP contribution is 2.20. The molecule has 1 aromatic carbocycles. The third-order valence-electron chi connectivity index (χ3n) is 1.53. The summed E-state index contributed by atoms with van der Waals surface area (Å²) >= 11 is 0. The lowest BCUT2D eigenvalue weighted by Crippen LogP contribution is -2.30. The zero-order valence-corrected chi connectivity index (χ0v) is 6.07. The van der Waals surface area contributed by atoms with Crippen LogP contribution in [0.5, 0.6) is 17.2 Å². The van der Waals surface area contributed by atoms with Gasteiger partial charge in [0.1, 0.15) is 35.0 Å². The minimum Gasteiger partial charge on any atom is -0.509 e. The Bertz CT molecular complexity index is 232. The monoisotopic (exact) mass is 156 g/mol. The minimum absolute atomic E-state index is 0.247. The molecule has 6 heteroatoms. The molecule has 0 aliphatic carbocycles. The fourth-order valence-corrected chi connectivity index (χ4v) is 0.767. The van der Waals surface area contributed by atoms with Crippen molar-refractivity contribution in [3.8, 4) is 17.2 Å². The average molecular weight is 156 g/mol. The molecule has 0 aliphatic heterocycles. The first-order valence-electron chi connectivity index (χ1n) is 3.04. The van der Waals surface area contributed by atoms with Gasteiger partial charge in [0.2, 0.25) is 0 Å². The first-order chi connectivity index (χ1) is 5.46. The van der Waals surface area contributed by atoms with E-state index in [1.807, 2.05) is 0 Å². The number of hydrogen-bond donors (Lipinski definition) is 3. The highest BCUT2D eigenvalue weighted by Gasteiger charge is 2.13. The molecule has 6 radical (unpaired) electrons. The molecule has 0 saturated carbocycles. The SMILES string of the molecule is [B]c1c([B])c(O)c(O)c([B])c1O. The van der Waals surface area contributed by atoms with E-state index in [1.165, 1.54) is 0 Å². The highest BCUT2D eigenvalue weighted by molar-refractivity contribution is 6.54. The van der Waals surface area contributed by atoms with Crippen LogP contribution < -0.4 is 16.4 Å². The van der Waals surface area contributed by atoms with E-state index in [0.717, 1.165) is 0 Å². The Morgan fingerprint density at radius 1 is 0.583 bits per heavy atom. The molecule has 0 aromatic heterocycles. The van der Waals surface area contributed by atoms with Crippen LogP contribution in [-0.2, 0) is 0 Å². The Balaban J connectivity index is 3.60. The van der Waals surface area contributed by atoms with E-state index in [2.05, 4.69) is 0 Å². The lowest BCUT2D eigenvalue weighted by molar-refractivity contribution is 0.405. The van der Waals surface area contributed by atoms with Crippen molar-refractivity contribution in [3.63, 3.8) is 0 Å². The second-order valence-electron chi connectivity index (χ2n) is 2.29. The fourth-order valence-electron chi connectivity index (χ4n) is 0.767. The van der Waals surface area contributed by atoms with Crippen LogP contribution in [0.1, 0.15) is 0 Å². The molecular weight excluding hydrogens is 152 g/mol. The van der Waals surface area contributed by atoms with Gasteiger partial charge in [0.05, 0.1) is 0 Å². The molecule has 0 heterocycles. The molecule has 0 spiro atoms. The molecule has 0 atom stereocenters. The molecule has 54 valence electrons. The lowest BCUT2D eigenvalue weighted by atomic mass is 9.75. The maximum atomic E-state index is 9.09. The molecular formula is C6H3B3O3. The molecule has 3 N–H and O–H groups in total. The van der Waals surface area contributed by atoms with Crippen LogP contribution in [0.15, 0.2) is 0 Å². The quantitative estimate of drug-likeness (QED) is 0.215. The molecule has 0 amide bonds. The summed E-state index contributed by atoms with van der Waals surface area (Å²) in [6.45, 7) is 0. The maximum Gasteiger partial charge on any atom is 0.153 e. The van der Waals surface area contributed by atoms with E-state index in [4.69, 9.17) is 38.9 Å². The zero-order chi connectivity index (χ0) is 9.46. The Kier molecular flexibility index (Phi) is 2.00. The summed E-state index contributed by atoms with van der Waals surface area (Å²) in [5, 5.41) is 27.2. The molecule has 0 saturated heterocycles. The molecule has 1 aromatic rings. The second kappa shape index (κ2) is 2.70. The predicted molar refractivity (Wildman–Crippen MR) is 47.6 cm³/mol. The summed E-state index contributed by atoms with van der Waals surface area (Å²) < 4.78 is 0. The van der Waals surface area contributed by atoms with E-state index < -0.39 is 17.2 Å². The van der Waals surface area contributed by atoms with Gasteiger partial charge in [0.25, 0.3) is 0 Å². The van der Waals surface area contributed by atoms with Gasteiger partial charge in [-0.1, -0.05) is 10.9 Å². The smallest absolute Gasteiger partial charge is 0.153 e. The van der Waals surface area contributed by atoms with E-state index >= 15 is 0 Å². The van der Waals surface area contributed by atoms with E-state index in [-0.39, 0.29) is 16.4 Å². The van der Waals surface area contributed by atoms with Crippen molar-refractivity contribution in [2.24, 2.45) is 0 Å². The van der Waals surface area contributed by atoms with E-state index in [9.17, 15) is 0 Å². The molecule has 1 rings (SSSR count). The van der Waals surface area contributed by atoms with E-state index in [1.54, 1.807) is 0 Å². The van der Waals surface area contributed by atoms with Crippen molar-refractivity contribution in [3.05, 3.63) is 0 Å². The number of phenols is 3. The number of phenolic OH excluding ortho intramolecular Hbond substituents is 3. The third kappa shape index (κ3) is 1.03. The standard InChI is InChI=1S/C6H3B3O3/c7-1-2(8)5(11)6(12)3(9)4(1)10/h10-12H. The van der Waals surface area contributed by atoms with Crippen LogP contribution in [0.2, 0.25) is 0 Å². The van der Waals surface area contributed by atoms with Gasteiger partial charge in [0.15, 0.2) is 5.75 Å².